The number of likely N-dealkylation sites (N-methyl/N-ethyl adjacent to an activating group) is 2. The van der Waals surface area contributed by atoms with Crippen LogP contribution in [0.2, 0.25) is 31.7 Å². The number of likely N-dealkylation sites (tertiary alicyclic amines) is 2. The maximum atomic E-state index is 14.1. The predicted molar refractivity (Wildman–Crippen MR) is 558 cm³/mol. The monoisotopic (exact) mass is 2140 g/mol. The van der Waals surface area contributed by atoms with E-state index in [1.165, 1.54) is 257 Å². The Labute approximate surface area is 876 Å². The molecule has 2 atom stereocenters. The second-order valence-electron chi connectivity index (χ2n) is 35.2. The maximum Gasteiger partial charge on any atom is 0.323 e. The fraction of sp³-hybridized carbons (Fsp3) is 0.550. The van der Waals surface area contributed by atoms with Gasteiger partial charge in [-0.05, 0) is 276 Å². The topological polar surface area (TPSA) is 415 Å². The summed E-state index contributed by atoms with van der Waals surface area (Å²) in [5.41, 5.74) is 13.1. The van der Waals surface area contributed by atoms with E-state index in [9.17, 15) is 22.0 Å². The molecule has 5 aromatic carbocycles. The third kappa shape index (κ3) is 42.3. The summed E-state index contributed by atoms with van der Waals surface area (Å²) < 4.78 is 116. The van der Waals surface area contributed by atoms with Gasteiger partial charge in [0.25, 0.3) is 0 Å². The Kier molecular flexibility index (Phi) is 52.4. The summed E-state index contributed by atoms with van der Waals surface area (Å²) >= 11 is 33.2. The van der Waals surface area contributed by atoms with Crippen LogP contribution in [0.4, 0.5) is 80.1 Å². The van der Waals surface area contributed by atoms with Gasteiger partial charge < -0.3 is 85.8 Å². The highest BCUT2D eigenvalue weighted by Crippen LogP contribution is 2.35. The van der Waals surface area contributed by atoms with Crippen LogP contribution < -0.4 is 80.7 Å². The van der Waals surface area contributed by atoms with Crippen molar-refractivity contribution < 1.29 is 69.7 Å². The minimum absolute atomic E-state index is 0. The second-order valence-corrected chi connectivity index (χ2v) is 37.3. The molecule has 0 spiro atoms. The molecule has 7 heterocycles. The van der Waals surface area contributed by atoms with Crippen molar-refractivity contribution in [1.82, 2.24) is 84.6 Å². The van der Waals surface area contributed by atoms with E-state index in [1.807, 2.05) is 0 Å². The molecule has 145 heavy (non-hydrogen) atoms. The van der Waals surface area contributed by atoms with E-state index in [-0.39, 0.29) is 110 Å². The maximum absolute atomic E-state index is 14.1. The number of nitrogens with two attached hydrogens (primary N) is 2. The van der Waals surface area contributed by atoms with Crippen molar-refractivity contribution in [1.29, 1.82) is 0 Å². The molecule has 45 heteroatoms. The summed E-state index contributed by atoms with van der Waals surface area (Å²) in [5.74, 6) is 2.42. The standard InChI is InChI=1S/C24H27F2N5O3.C24H35FN6O2.C17H20ClFN4O2.C10H13Cl2N3O.C7H8FNO.C7H16N2.C7H14O.C3Cl3N3.CH4/c1-32-20-10-8-16(12-18(20)25)27-22-29-23(28-17-9-11-21(33-2)19(26)13-17)31-24(30-22)34-14-15-6-4-3-5-7-15;1-3-31-13-7-10-19(31)15-26-22-28-23(27-18-11-12-21(32-2)20(25)14-18)30-24(29-22)33-16-17-8-5-4-6-9-17;1-24-14-8-7-12(9-13(14)19)20-16-21-15(18)22-17(23-16)25-10-11-5-3-2-4-6-11;11-8-13-9(12)15-10(14-8)16-6-7-4-2-1-3-5-7;1-10-7-3-2-5(9)4-6(7)8;1-2-9-5-3-4-7(9)6-8;8-6-7-4-2-1-3-5-7;4-1-7-2(5)9-3(6)8-1;/h8-13,15H,3-7,14H2,1-2H3,(H2,27,28,29,30,31);11-12,14,17,19H,3-10,13,15-16H2,1-2H3,(H2,26,27,28,29,30);7-9,11H,2-6,10H2,1H3,(H,20,21,22,23);7H,1-6H2;2-4H,9H2,1H3;7H,2-6,8H2,1H3;7-8H,1-6H2;;1H4. The third-order valence-electron chi connectivity index (χ3n) is 25.0. The highest BCUT2D eigenvalue weighted by Gasteiger charge is 2.27. The van der Waals surface area contributed by atoms with Crippen molar-refractivity contribution >= 4 is 128 Å². The van der Waals surface area contributed by atoms with Crippen molar-refractivity contribution in [2.24, 2.45) is 35.3 Å². The number of methoxy groups -OCH3 is 5. The van der Waals surface area contributed by atoms with Crippen LogP contribution in [0.1, 0.15) is 207 Å². The highest BCUT2D eigenvalue weighted by molar-refractivity contribution is 6.33. The van der Waals surface area contributed by atoms with Gasteiger partial charge in [-0.15, -0.1) is 0 Å². The van der Waals surface area contributed by atoms with Crippen LogP contribution in [-0.4, -0.2) is 210 Å². The number of aromatic nitrogens is 15. The van der Waals surface area contributed by atoms with Gasteiger partial charge in [0.2, 0.25) is 61.4 Å². The molecule has 7 aliphatic rings. The number of ether oxygens (including phenoxy) is 9. The summed E-state index contributed by atoms with van der Waals surface area (Å²) in [7, 11) is 7.05. The summed E-state index contributed by atoms with van der Waals surface area (Å²) in [6, 6.07) is 24.2. The van der Waals surface area contributed by atoms with E-state index in [2.05, 4.69) is 130 Å². The van der Waals surface area contributed by atoms with Crippen LogP contribution >= 0.6 is 69.6 Å². The molecule has 5 saturated carbocycles. The van der Waals surface area contributed by atoms with E-state index in [0.29, 0.717) is 115 Å². The van der Waals surface area contributed by atoms with Gasteiger partial charge in [-0.3, -0.25) is 9.80 Å². The van der Waals surface area contributed by atoms with Gasteiger partial charge in [0.15, 0.2) is 57.8 Å². The number of aliphatic hydroxyl groups is 1. The number of anilines is 10. The number of hydrogen-bond acceptors (Lipinski definition) is 34. The van der Waals surface area contributed by atoms with Gasteiger partial charge in [-0.1, -0.05) is 118 Å². The molecule has 7 fully saturated rings. The zero-order valence-corrected chi connectivity index (χ0v) is 87.1. The first-order chi connectivity index (χ1) is 69.8. The minimum atomic E-state index is -0.526. The first-order valence-corrected chi connectivity index (χ1v) is 51.3. The zero-order valence-electron chi connectivity index (χ0n) is 82.5. The molecule has 10 N–H and O–H groups in total. The predicted octanol–water partition coefficient (Wildman–Crippen LogP) is 23.6. The zero-order chi connectivity index (χ0) is 103. The molecule has 794 valence electrons. The first kappa shape index (κ1) is 118. The van der Waals surface area contributed by atoms with Crippen LogP contribution in [0.5, 0.6) is 52.8 Å². The summed E-state index contributed by atoms with van der Waals surface area (Å²) in [6.45, 7) is 13.3. The first-order valence-electron chi connectivity index (χ1n) is 49.1. The minimum Gasteiger partial charge on any atom is -0.494 e. The number of rotatable bonds is 32. The Bertz CT molecular complexity index is 5340. The third-order valence-corrected chi connectivity index (χ3v) is 26.0. The van der Waals surface area contributed by atoms with Gasteiger partial charge >= 0.3 is 24.0 Å². The van der Waals surface area contributed by atoms with Crippen LogP contribution in [0, 0.1) is 58.7 Å². The molecular weight excluding hydrogens is 2000 g/mol. The molecule has 0 amide bonds. The molecule has 5 aliphatic carbocycles. The van der Waals surface area contributed by atoms with Crippen LogP contribution in [0.25, 0.3) is 0 Å². The molecule has 2 unspecified atom stereocenters. The van der Waals surface area contributed by atoms with E-state index in [4.69, 9.17) is 124 Å². The average Bonchev–Trinajstić information content (AvgIpc) is 1.54. The smallest absolute Gasteiger partial charge is 0.323 e. The Hall–Kier alpha value is -10.6. The van der Waals surface area contributed by atoms with Gasteiger partial charge in [0.05, 0.1) is 62.0 Å². The average molecular weight is 2140 g/mol. The van der Waals surface area contributed by atoms with E-state index in [0.717, 1.165) is 58.3 Å². The number of nitrogens with one attached hydrogen (secondary N) is 5. The molecule has 0 radical (unpaired) electrons. The van der Waals surface area contributed by atoms with Crippen LogP contribution in [0.15, 0.2) is 91.0 Å². The number of nitrogens with zero attached hydrogens (tertiary/aromatic N) is 17. The molecule has 2 aliphatic heterocycles. The molecule has 5 aromatic heterocycles. The number of hydrogen-bond donors (Lipinski definition) is 8. The normalized spacial score (nSPS) is 16.6. The molecule has 17 rings (SSSR count). The summed E-state index contributed by atoms with van der Waals surface area (Å²) in [6.07, 6.45) is 36.1. The Morgan fingerprint density at radius 2 is 0.586 bits per heavy atom. The lowest BCUT2D eigenvalue weighted by molar-refractivity contribution is 0.190. The van der Waals surface area contributed by atoms with Crippen molar-refractivity contribution in [2.75, 3.05) is 140 Å². The number of halogens is 11. The lowest BCUT2D eigenvalue weighted by Crippen LogP contribution is -2.35. The van der Waals surface area contributed by atoms with Crippen molar-refractivity contribution in [3.63, 3.8) is 0 Å². The number of nitrogen functional groups attached to an aromatic ring is 1. The number of aliphatic hydroxyl groups excluding tert-OH is 1. The number of benzene rings is 5. The van der Waals surface area contributed by atoms with Crippen molar-refractivity contribution in [2.45, 2.75) is 220 Å². The SMILES string of the molecule is C.CCN1CCCC1CN.CCN1CCCC1CNc1nc(Nc2ccc(OC)c(F)c2)nc(OCC2CCCCC2)n1.COc1ccc(N)cc1F.COc1ccc(Nc2nc(Cl)nc(OCC3CCCCC3)n2)cc1F.COc1ccc(Nc2nc(Nc3ccc(OC)c(F)c3)nc(OCC3CCCCC3)n2)cc1F.Clc1nc(Cl)nc(Cl)n1.Clc1nc(Cl)nc(OCC2CCCCC2)n1.OCC1CCCCC1. The molecule has 2 saturated heterocycles. The quantitative estimate of drug-likeness (QED) is 0.0143. The largest absolute Gasteiger partial charge is 0.494 e. The van der Waals surface area contributed by atoms with Crippen LogP contribution in [-0.2, 0) is 0 Å². The van der Waals surface area contributed by atoms with Gasteiger partial charge in [0, 0.05) is 90.5 Å². The highest BCUT2D eigenvalue weighted by atomic mass is 35.5. The molecule has 10 aromatic rings. The molecular formula is C100H137Cl6F5N24O10. The van der Waals surface area contributed by atoms with E-state index < -0.39 is 29.1 Å². The fourth-order valence-corrected chi connectivity index (χ4v) is 18.4. The van der Waals surface area contributed by atoms with Crippen LogP contribution in [0.3, 0.4) is 0 Å². The fourth-order valence-electron chi connectivity index (χ4n) is 17.3. The Morgan fingerprint density at radius 3 is 0.876 bits per heavy atom. The van der Waals surface area contributed by atoms with Crippen molar-refractivity contribution in [3.05, 3.63) is 152 Å². The Morgan fingerprint density at radius 1 is 0.324 bits per heavy atom. The molecule has 0 bridgehead atoms. The van der Waals surface area contributed by atoms with E-state index >= 15 is 0 Å². The summed E-state index contributed by atoms with van der Waals surface area (Å²) in [5, 5.41) is 24.1. The Balaban J connectivity index is 0.000000195. The van der Waals surface area contributed by atoms with Gasteiger partial charge in [-0.25, -0.2) is 22.0 Å². The van der Waals surface area contributed by atoms with E-state index in [1.54, 1.807) is 36.4 Å². The summed E-state index contributed by atoms with van der Waals surface area (Å²) in [4.78, 5) is 65.3. The molecule has 34 nitrogen and oxygen atoms in total. The van der Waals surface area contributed by atoms with Gasteiger partial charge in [-0.2, -0.15) is 74.8 Å². The van der Waals surface area contributed by atoms with Gasteiger partial charge in [0.1, 0.15) is 0 Å². The lowest BCUT2D eigenvalue weighted by atomic mass is 9.90. The lowest BCUT2D eigenvalue weighted by Gasteiger charge is -2.23. The van der Waals surface area contributed by atoms with Crippen molar-refractivity contribution in [3.8, 4) is 52.8 Å². The second kappa shape index (κ2) is 64.5.